The minimum absolute atomic E-state index is 0.0379. The number of nitrogens with two attached hydrogens (primary N) is 1. The Kier molecular flexibility index (Phi) is 7.33. The second kappa shape index (κ2) is 10.4. The monoisotopic (exact) mass is 528 g/mol. The number of hydrogen-bond acceptors (Lipinski definition) is 11. The molecule has 0 fully saturated rings. The summed E-state index contributed by atoms with van der Waals surface area (Å²) < 4.78 is 33.6. The molecule has 2 aromatic heterocycles. The fourth-order valence-electron chi connectivity index (χ4n) is 3.40. The zero-order valence-electron chi connectivity index (χ0n) is 19.7. The SMILES string of the molecule is CCOC(=O)c1sc(Nc2nc(NCc3ccc(S(N)(=O)=O)cc3)c3cccc(OC)c3n2)nc1C. The van der Waals surface area contributed by atoms with Gasteiger partial charge < -0.3 is 14.8 Å². The summed E-state index contributed by atoms with van der Waals surface area (Å²) in [4.78, 5) is 26.2. The van der Waals surface area contributed by atoms with E-state index in [2.05, 4.69) is 25.6 Å². The van der Waals surface area contributed by atoms with E-state index < -0.39 is 16.0 Å². The molecule has 11 nitrogen and oxygen atoms in total. The van der Waals surface area contributed by atoms with Gasteiger partial charge >= 0.3 is 5.97 Å². The average Bonchev–Trinajstić information content (AvgIpc) is 3.21. The van der Waals surface area contributed by atoms with Crippen LogP contribution in [0.5, 0.6) is 5.75 Å². The molecule has 0 amide bonds. The number of ether oxygens (including phenoxy) is 2. The van der Waals surface area contributed by atoms with Crippen molar-refractivity contribution in [3.05, 3.63) is 58.6 Å². The van der Waals surface area contributed by atoms with Gasteiger partial charge in [-0.25, -0.2) is 28.3 Å². The Morgan fingerprint density at radius 3 is 2.53 bits per heavy atom. The van der Waals surface area contributed by atoms with Crippen molar-refractivity contribution >= 4 is 55.1 Å². The molecule has 0 bridgehead atoms. The lowest BCUT2D eigenvalue weighted by molar-refractivity contribution is 0.0531. The van der Waals surface area contributed by atoms with Crippen LogP contribution in [0.2, 0.25) is 0 Å². The van der Waals surface area contributed by atoms with Crippen LogP contribution in [0, 0.1) is 6.92 Å². The molecule has 4 N–H and O–H groups in total. The minimum atomic E-state index is -3.77. The summed E-state index contributed by atoms with van der Waals surface area (Å²) in [7, 11) is -2.21. The molecule has 2 heterocycles. The van der Waals surface area contributed by atoms with Crippen molar-refractivity contribution in [2.75, 3.05) is 24.4 Å². The van der Waals surface area contributed by atoms with Gasteiger partial charge in [0, 0.05) is 11.9 Å². The fraction of sp³-hybridized carbons (Fsp3) is 0.217. The number of methoxy groups -OCH3 is 1. The molecule has 0 aliphatic heterocycles. The highest BCUT2D eigenvalue weighted by Crippen LogP contribution is 2.32. The van der Waals surface area contributed by atoms with Crippen LogP contribution in [0.1, 0.15) is 27.9 Å². The number of primary sulfonamides is 1. The Balaban J connectivity index is 1.65. The third-order valence-corrected chi connectivity index (χ3v) is 7.08. The van der Waals surface area contributed by atoms with Gasteiger partial charge in [0.2, 0.25) is 16.0 Å². The van der Waals surface area contributed by atoms with Crippen LogP contribution < -0.4 is 20.5 Å². The first-order valence-corrected chi connectivity index (χ1v) is 13.2. The van der Waals surface area contributed by atoms with Gasteiger partial charge in [-0.1, -0.05) is 29.5 Å². The number of aromatic nitrogens is 3. The van der Waals surface area contributed by atoms with Crippen LogP contribution in [0.25, 0.3) is 10.9 Å². The summed E-state index contributed by atoms with van der Waals surface area (Å²) in [6, 6.07) is 11.7. The molecule has 188 valence electrons. The first-order valence-electron chi connectivity index (χ1n) is 10.8. The van der Waals surface area contributed by atoms with E-state index in [1.807, 2.05) is 12.1 Å². The van der Waals surface area contributed by atoms with Gasteiger partial charge in [-0.2, -0.15) is 4.98 Å². The van der Waals surface area contributed by atoms with Crippen molar-refractivity contribution < 1.29 is 22.7 Å². The second-order valence-corrected chi connectivity index (χ2v) is 10.1. The first kappa shape index (κ1) is 25.3. The van der Waals surface area contributed by atoms with Crippen LogP contribution in [-0.2, 0) is 21.3 Å². The number of nitrogens with one attached hydrogen (secondary N) is 2. The van der Waals surface area contributed by atoms with Gasteiger partial charge in [-0.3, -0.25) is 5.32 Å². The molecule has 36 heavy (non-hydrogen) atoms. The topological polar surface area (TPSA) is 158 Å². The van der Waals surface area contributed by atoms with Crippen LogP contribution in [0.4, 0.5) is 16.9 Å². The van der Waals surface area contributed by atoms with E-state index in [0.717, 1.165) is 22.3 Å². The van der Waals surface area contributed by atoms with Gasteiger partial charge in [-0.05, 0) is 43.7 Å². The van der Waals surface area contributed by atoms with Crippen LogP contribution in [0.3, 0.4) is 0 Å². The summed E-state index contributed by atoms with van der Waals surface area (Å²) in [6.45, 7) is 4.10. The molecule has 4 rings (SSSR count). The molecule has 0 saturated carbocycles. The number of carbonyl (C=O) groups is 1. The average molecular weight is 529 g/mol. The molecular weight excluding hydrogens is 504 g/mol. The lowest BCUT2D eigenvalue weighted by Crippen LogP contribution is -2.12. The standard InChI is InChI=1S/C23H24N6O5S2/c1-4-34-21(30)19-13(2)26-23(35-19)29-22-27-18-16(6-5-7-17(18)33-3)20(28-22)25-12-14-8-10-15(11-9-14)36(24,31)32/h5-11H,4,12H2,1-3H3,(H2,24,31,32)(H2,25,26,27,28,29). The van der Waals surface area contributed by atoms with Gasteiger partial charge in [0.25, 0.3) is 0 Å². The summed E-state index contributed by atoms with van der Waals surface area (Å²) in [5.41, 5.74) is 1.94. The molecule has 0 spiro atoms. The number of benzene rings is 2. The number of rotatable bonds is 9. The Morgan fingerprint density at radius 2 is 1.86 bits per heavy atom. The van der Waals surface area contributed by atoms with E-state index in [-0.39, 0.29) is 17.5 Å². The number of thiazole rings is 1. The number of nitrogens with zero attached hydrogens (tertiary/aromatic N) is 3. The van der Waals surface area contributed by atoms with Crippen molar-refractivity contribution in [2.45, 2.75) is 25.3 Å². The molecule has 0 aliphatic rings. The van der Waals surface area contributed by atoms with Gasteiger partial charge in [-0.15, -0.1) is 0 Å². The van der Waals surface area contributed by atoms with Gasteiger partial charge in [0.1, 0.15) is 22.0 Å². The second-order valence-electron chi connectivity index (χ2n) is 7.57. The van der Waals surface area contributed by atoms with E-state index in [1.165, 1.54) is 12.1 Å². The normalized spacial score (nSPS) is 11.3. The highest BCUT2D eigenvalue weighted by atomic mass is 32.2. The zero-order valence-corrected chi connectivity index (χ0v) is 21.4. The van der Waals surface area contributed by atoms with Crippen LogP contribution >= 0.6 is 11.3 Å². The predicted molar refractivity (Wildman–Crippen MR) is 137 cm³/mol. The van der Waals surface area contributed by atoms with E-state index in [1.54, 1.807) is 39.2 Å². The van der Waals surface area contributed by atoms with Gasteiger partial charge in [0.15, 0.2) is 5.13 Å². The van der Waals surface area contributed by atoms with E-state index in [4.69, 9.17) is 14.6 Å². The third-order valence-electron chi connectivity index (χ3n) is 5.10. The van der Waals surface area contributed by atoms with Gasteiger partial charge in [0.05, 0.1) is 24.3 Å². The molecule has 0 atom stereocenters. The fourth-order valence-corrected chi connectivity index (χ4v) is 4.76. The van der Waals surface area contributed by atoms with E-state index >= 15 is 0 Å². The molecule has 0 aliphatic carbocycles. The van der Waals surface area contributed by atoms with Crippen molar-refractivity contribution in [1.29, 1.82) is 0 Å². The quantitative estimate of drug-likeness (QED) is 0.274. The number of fused-ring (bicyclic) bond motifs is 1. The number of anilines is 3. The number of carbonyl (C=O) groups excluding carboxylic acids is 1. The number of para-hydroxylation sites is 1. The Labute approximate surface area is 211 Å². The van der Waals surface area contributed by atoms with Crippen molar-refractivity contribution in [3.8, 4) is 5.75 Å². The highest BCUT2D eigenvalue weighted by Gasteiger charge is 2.18. The minimum Gasteiger partial charge on any atom is -0.494 e. The molecule has 0 unspecified atom stereocenters. The van der Waals surface area contributed by atoms with Crippen molar-refractivity contribution in [1.82, 2.24) is 15.0 Å². The Bertz CT molecular complexity index is 1520. The molecule has 4 aromatic rings. The lowest BCUT2D eigenvalue weighted by Gasteiger charge is -2.13. The number of sulfonamides is 1. The summed E-state index contributed by atoms with van der Waals surface area (Å²) >= 11 is 1.15. The van der Waals surface area contributed by atoms with Crippen LogP contribution in [0.15, 0.2) is 47.4 Å². The first-order chi connectivity index (χ1) is 17.2. The lowest BCUT2D eigenvalue weighted by atomic mass is 10.2. The maximum absolute atomic E-state index is 12.2. The van der Waals surface area contributed by atoms with E-state index in [9.17, 15) is 13.2 Å². The Hall–Kier alpha value is -3.81. The van der Waals surface area contributed by atoms with Crippen molar-refractivity contribution in [3.63, 3.8) is 0 Å². The maximum atomic E-state index is 12.2. The molecule has 13 heteroatoms. The molecule has 2 aromatic carbocycles. The zero-order chi connectivity index (χ0) is 25.9. The van der Waals surface area contributed by atoms with Crippen molar-refractivity contribution in [2.24, 2.45) is 5.14 Å². The molecular formula is C23H24N6O5S2. The Morgan fingerprint density at radius 1 is 1.11 bits per heavy atom. The largest absolute Gasteiger partial charge is 0.494 e. The number of esters is 1. The van der Waals surface area contributed by atoms with Crippen LogP contribution in [-0.4, -0.2) is 43.1 Å². The smallest absolute Gasteiger partial charge is 0.350 e. The number of hydrogen-bond donors (Lipinski definition) is 3. The molecule has 0 radical (unpaired) electrons. The summed E-state index contributed by atoms with van der Waals surface area (Å²) in [5.74, 6) is 0.901. The highest BCUT2D eigenvalue weighted by molar-refractivity contribution is 7.89. The summed E-state index contributed by atoms with van der Waals surface area (Å²) in [6.07, 6.45) is 0. The van der Waals surface area contributed by atoms with E-state index in [0.29, 0.717) is 39.3 Å². The predicted octanol–water partition coefficient (Wildman–Crippen LogP) is 3.58. The third kappa shape index (κ3) is 5.53. The summed E-state index contributed by atoms with van der Waals surface area (Å²) in [5, 5.41) is 12.7. The maximum Gasteiger partial charge on any atom is 0.350 e. The number of aryl methyl sites for hydroxylation is 1. The molecule has 0 saturated heterocycles.